The molecule has 19 heavy (non-hydrogen) atoms. The summed E-state index contributed by atoms with van der Waals surface area (Å²) in [6.45, 7) is 1.17. The Labute approximate surface area is 111 Å². The molecule has 0 unspecified atom stereocenters. The molecule has 0 atom stereocenters. The van der Waals surface area contributed by atoms with E-state index in [1.165, 1.54) is 17.4 Å². The number of hydrogen-bond donors (Lipinski definition) is 0. The normalized spacial score (nSPS) is 15.4. The molecule has 2 aromatic heterocycles. The number of anilines is 1. The van der Waals surface area contributed by atoms with Crippen LogP contribution in [0.4, 0.5) is 18.3 Å². The van der Waals surface area contributed by atoms with E-state index in [2.05, 4.69) is 9.97 Å². The van der Waals surface area contributed by atoms with Gasteiger partial charge in [-0.05, 0) is 11.6 Å². The minimum absolute atomic E-state index is 0.430. The van der Waals surface area contributed by atoms with E-state index in [0.29, 0.717) is 18.5 Å². The number of alkyl halides is 3. The fourth-order valence-corrected chi connectivity index (χ4v) is 2.79. The van der Waals surface area contributed by atoms with Crippen LogP contribution in [0.3, 0.4) is 0 Å². The van der Waals surface area contributed by atoms with Gasteiger partial charge in [-0.3, -0.25) is 4.98 Å². The van der Waals surface area contributed by atoms with Gasteiger partial charge in [-0.25, -0.2) is 4.98 Å². The molecule has 0 spiro atoms. The van der Waals surface area contributed by atoms with Gasteiger partial charge in [0, 0.05) is 43.0 Å². The maximum Gasteiger partial charge on any atom is 0.417 e. The topological polar surface area (TPSA) is 29.0 Å². The zero-order chi connectivity index (χ0) is 13.5. The fourth-order valence-electron chi connectivity index (χ4n) is 2.12. The van der Waals surface area contributed by atoms with Crippen molar-refractivity contribution in [3.8, 4) is 0 Å². The molecule has 3 heterocycles. The molecule has 3 rings (SSSR count). The van der Waals surface area contributed by atoms with Crippen LogP contribution in [0.2, 0.25) is 0 Å². The highest BCUT2D eigenvalue weighted by Gasteiger charge is 2.32. The number of aromatic nitrogens is 2. The molecule has 3 nitrogen and oxygen atoms in total. The van der Waals surface area contributed by atoms with Crippen LogP contribution < -0.4 is 4.90 Å². The summed E-state index contributed by atoms with van der Waals surface area (Å²) in [5.41, 5.74) is 0.698. The number of hydrogen-bond acceptors (Lipinski definition) is 4. The summed E-state index contributed by atoms with van der Waals surface area (Å²) in [5.74, 6) is 0. The van der Waals surface area contributed by atoms with E-state index in [9.17, 15) is 13.2 Å². The Bertz CT molecular complexity index is 580. The van der Waals surface area contributed by atoms with Gasteiger partial charge in [0.05, 0.1) is 5.56 Å². The van der Waals surface area contributed by atoms with Gasteiger partial charge in [0.2, 0.25) is 0 Å². The molecule has 0 aromatic carbocycles. The molecule has 0 aliphatic carbocycles. The van der Waals surface area contributed by atoms with E-state index in [4.69, 9.17) is 0 Å². The maximum absolute atomic E-state index is 12.7. The molecular weight excluding hydrogens is 275 g/mol. The molecule has 0 amide bonds. The average molecular weight is 285 g/mol. The first-order chi connectivity index (χ1) is 9.04. The van der Waals surface area contributed by atoms with E-state index < -0.39 is 11.7 Å². The van der Waals surface area contributed by atoms with Crippen molar-refractivity contribution in [2.24, 2.45) is 0 Å². The third-order valence-electron chi connectivity index (χ3n) is 3.06. The second kappa shape index (κ2) is 4.48. The molecule has 1 aliphatic rings. The number of thiazole rings is 1. The molecule has 0 N–H and O–H groups in total. The first-order valence-corrected chi connectivity index (χ1v) is 6.61. The molecule has 100 valence electrons. The monoisotopic (exact) mass is 285 g/mol. The van der Waals surface area contributed by atoms with Crippen LogP contribution in [0.5, 0.6) is 0 Å². The maximum atomic E-state index is 12.7. The summed E-state index contributed by atoms with van der Waals surface area (Å²) in [6, 6.07) is 1.20. The summed E-state index contributed by atoms with van der Waals surface area (Å²) in [7, 11) is 0. The predicted molar refractivity (Wildman–Crippen MR) is 66.1 cm³/mol. The first-order valence-electron chi connectivity index (χ1n) is 5.73. The molecule has 2 aromatic rings. The highest BCUT2D eigenvalue weighted by atomic mass is 32.1. The van der Waals surface area contributed by atoms with Crippen LogP contribution >= 0.6 is 11.3 Å². The SMILES string of the molecule is FC(F)(F)c1cnc2c(c1)CN(c1nccs1)CC2. The highest BCUT2D eigenvalue weighted by Crippen LogP contribution is 2.32. The largest absolute Gasteiger partial charge is 0.417 e. The summed E-state index contributed by atoms with van der Waals surface area (Å²) in [5, 5.41) is 2.69. The van der Waals surface area contributed by atoms with Gasteiger partial charge in [-0.15, -0.1) is 11.3 Å². The highest BCUT2D eigenvalue weighted by molar-refractivity contribution is 7.13. The van der Waals surface area contributed by atoms with Crippen LogP contribution in [0.25, 0.3) is 0 Å². The Morgan fingerprint density at radius 2 is 2.11 bits per heavy atom. The second-order valence-electron chi connectivity index (χ2n) is 4.31. The van der Waals surface area contributed by atoms with Gasteiger partial charge >= 0.3 is 6.18 Å². The third kappa shape index (κ3) is 2.42. The van der Waals surface area contributed by atoms with Crippen molar-refractivity contribution in [3.05, 3.63) is 40.7 Å². The standard InChI is InChI=1S/C12H10F3N3S/c13-12(14,15)9-5-8-7-18(11-16-2-4-19-11)3-1-10(8)17-6-9/h2,4-6H,1,3,7H2. The van der Waals surface area contributed by atoms with E-state index in [-0.39, 0.29) is 0 Å². The Kier molecular flexibility index (Phi) is 2.93. The molecule has 0 saturated heterocycles. The van der Waals surface area contributed by atoms with Crippen molar-refractivity contribution in [3.63, 3.8) is 0 Å². The summed E-state index contributed by atoms with van der Waals surface area (Å²) >= 11 is 1.49. The van der Waals surface area contributed by atoms with Crippen molar-refractivity contribution in [2.45, 2.75) is 19.1 Å². The number of fused-ring (bicyclic) bond motifs is 1. The smallest absolute Gasteiger partial charge is 0.343 e. The van der Waals surface area contributed by atoms with Gasteiger partial charge in [0.25, 0.3) is 0 Å². The lowest BCUT2D eigenvalue weighted by molar-refractivity contribution is -0.137. The Hall–Kier alpha value is -1.63. The van der Waals surface area contributed by atoms with Crippen molar-refractivity contribution < 1.29 is 13.2 Å². The molecular formula is C12H10F3N3S. The number of nitrogens with zero attached hydrogens (tertiary/aromatic N) is 3. The molecule has 1 aliphatic heterocycles. The zero-order valence-corrected chi connectivity index (χ0v) is 10.6. The molecule has 0 radical (unpaired) electrons. The summed E-state index contributed by atoms with van der Waals surface area (Å²) < 4.78 is 38.0. The summed E-state index contributed by atoms with van der Waals surface area (Å²) in [4.78, 5) is 10.1. The minimum atomic E-state index is -4.34. The van der Waals surface area contributed by atoms with E-state index in [0.717, 1.165) is 23.6 Å². The lowest BCUT2D eigenvalue weighted by Gasteiger charge is -2.28. The molecule has 7 heteroatoms. The Morgan fingerprint density at radius 1 is 1.26 bits per heavy atom. The van der Waals surface area contributed by atoms with Crippen molar-refractivity contribution in [1.82, 2.24) is 9.97 Å². The van der Waals surface area contributed by atoms with Crippen molar-refractivity contribution >= 4 is 16.5 Å². The van der Waals surface area contributed by atoms with E-state index >= 15 is 0 Å². The Balaban J connectivity index is 1.91. The number of halogens is 3. The molecule has 0 bridgehead atoms. The van der Waals surface area contributed by atoms with Gasteiger partial charge in [-0.2, -0.15) is 13.2 Å². The van der Waals surface area contributed by atoms with Crippen molar-refractivity contribution in [1.29, 1.82) is 0 Å². The van der Waals surface area contributed by atoms with Gasteiger partial charge < -0.3 is 4.90 Å². The van der Waals surface area contributed by atoms with Crippen LogP contribution in [0.15, 0.2) is 23.8 Å². The third-order valence-corrected chi connectivity index (χ3v) is 3.89. The minimum Gasteiger partial charge on any atom is -0.343 e. The quantitative estimate of drug-likeness (QED) is 0.806. The first kappa shape index (κ1) is 12.4. The van der Waals surface area contributed by atoms with Gasteiger partial charge in [0.15, 0.2) is 5.13 Å². The lowest BCUT2D eigenvalue weighted by atomic mass is 10.0. The fraction of sp³-hybridized carbons (Fsp3) is 0.333. The second-order valence-corrected chi connectivity index (χ2v) is 5.19. The Morgan fingerprint density at radius 3 is 2.79 bits per heavy atom. The predicted octanol–water partition coefficient (Wildman–Crippen LogP) is 3.12. The average Bonchev–Trinajstić information content (AvgIpc) is 2.90. The van der Waals surface area contributed by atoms with Gasteiger partial charge in [0.1, 0.15) is 0 Å². The van der Waals surface area contributed by atoms with Crippen LogP contribution in [-0.4, -0.2) is 16.5 Å². The van der Waals surface area contributed by atoms with Crippen LogP contribution in [0, 0.1) is 0 Å². The number of pyridine rings is 1. The molecule has 0 saturated carbocycles. The number of rotatable bonds is 1. The van der Waals surface area contributed by atoms with Gasteiger partial charge in [-0.1, -0.05) is 0 Å². The zero-order valence-electron chi connectivity index (χ0n) is 9.81. The van der Waals surface area contributed by atoms with E-state index in [1.54, 1.807) is 6.20 Å². The van der Waals surface area contributed by atoms with Crippen molar-refractivity contribution in [2.75, 3.05) is 11.4 Å². The van der Waals surface area contributed by atoms with Crippen LogP contribution in [0.1, 0.15) is 16.8 Å². The lowest BCUT2D eigenvalue weighted by Crippen LogP contribution is -2.31. The van der Waals surface area contributed by atoms with Crippen LogP contribution in [-0.2, 0) is 19.1 Å². The molecule has 0 fully saturated rings. The van der Waals surface area contributed by atoms with E-state index in [1.807, 2.05) is 10.3 Å². The summed E-state index contributed by atoms with van der Waals surface area (Å²) in [6.07, 6.45) is -1.09.